The van der Waals surface area contributed by atoms with Crippen molar-refractivity contribution in [1.29, 1.82) is 0 Å². The SMILES string of the molecule is CCCCCCCCOC(CCCC(C)CC(C)CC(C)CC(C)CC(C)Cl)OC(CCCC(C)CC(C)CC(C)CC(C)CC(C)Cl)OCCCCCCCC. The third kappa shape index (κ3) is 37.9. The normalized spacial score (nSPS) is 18.6. The Morgan fingerprint density at radius 3 is 0.912 bits per heavy atom. The molecule has 57 heavy (non-hydrogen) atoms. The highest BCUT2D eigenvalue weighted by molar-refractivity contribution is 6.20. The molecule has 0 aliphatic heterocycles. The molecule has 12 unspecified atom stereocenters. The van der Waals surface area contributed by atoms with E-state index in [9.17, 15) is 0 Å². The van der Waals surface area contributed by atoms with Crippen LogP contribution >= 0.6 is 23.2 Å². The van der Waals surface area contributed by atoms with Crippen LogP contribution in [-0.4, -0.2) is 36.5 Å². The van der Waals surface area contributed by atoms with Gasteiger partial charge in [0.05, 0.1) is 0 Å². The first kappa shape index (κ1) is 57.5. The van der Waals surface area contributed by atoms with Gasteiger partial charge < -0.3 is 14.2 Å². The van der Waals surface area contributed by atoms with Gasteiger partial charge in [-0.2, -0.15) is 0 Å². The van der Waals surface area contributed by atoms with Crippen LogP contribution in [0.5, 0.6) is 0 Å². The quantitative estimate of drug-likeness (QED) is 0.0348. The summed E-state index contributed by atoms with van der Waals surface area (Å²) in [5, 5.41) is 0.558. The van der Waals surface area contributed by atoms with Gasteiger partial charge in [-0.15, -0.1) is 23.2 Å². The van der Waals surface area contributed by atoms with E-state index in [2.05, 4.69) is 83.1 Å². The molecule has 0 saturated carbocycles. The van der Waals surface area contributed by atoms with Crippen molar-refractivity contribution in [3.63, 3.8) is 0 Å². The van der Waals surface area contributed by atoms with Crippen LogP contribution < -0.4 is 0 Å². The van der Waals surface area contributed by atoms with Crippen LogP contribution in [0.25, 0.3) is 0 Å². The summed E-state index contributed by atoms with van der Waals surface area (Å²) in [5.41, 5.74) is 0. The molecule has 0 bridgehead atoms. The fourth-order valence-electron chi connectivity index (χ4n) is 10.1. The highest BCUT2D eigenvalue weighted by Gasteiger charge is 2.21. The fraction of sp³-hybridized carbons (Fsp3) is 1.00. The van der Waals surface area contributed by atoms with Crippen molar-refractivity contribution in [1.82, 2.24) is 0 Å². The summed E-state index contributed by atoms with van der Waals surface area (Å²) in [6.45, 7) is 29.9. The Kier molecular flexibility index (Phi) is 38.5. The molecule has 0 rings (SSSR count). The van der Waals surface area contributed by atoms with Gasteiger partial charge in [-0.25, -0.2) is 0 Å². The Morgan fingerprint density at radius 1 is 0.316 bits per heavy atom. The molecule has 0 spiro atoms. The molecule has 0 aromatic rings. The molecule has 0 aliphatic rings. The largest absolute Gasteiger partial charge is 0.353 e. The zero-order chi connectivity index (χ0) is 42.8. The number of halogens is 2. The van der Waals surface area contributed by atoms with Crippen molar-refractivity contribution in [2.45, 2.75) is 273 Å². The van der Waals surface area contributed by atoms with Crippen molar-refractivity contribution in [2.24, 2.45) is 47.3 Å². The number of hydrogen-bond acceptors (Lipinski definition) is 3. The fourth-order valence-corrected chi connectivity index (χ4v) is 10.7. The van der Waals surface area contributed by atoms with Crippen LogP contribution in [-0.2, 0) is 14.2 Å². The Balaban J connectivity index is 5.27. The predicted octanol–water partition coefficient (Wildman–Crippen LogP) is 18.2. The highest BCUT2D eigenvalue weighted by Crippen LogP contribution is 2.30. The zero-order valence-corrected chi connectivity index (χ0v) is 42.2. The Labute approximate surface area is 369 Å². The molecule has 12 atom stereocenters. The lowest BCUT2D eigenvalue weighted by atomic mass is 9.83. The van der Waals surface area contributed by atoms with E-state index in [1.807, 2.05) is 0 Å². The molecule has 0 amide bonds. The van der Waals surface area contributed by atoms with Gasteiger partial charge in [0.15, 0.2) is 12.6 Å². The summed E-state index contributed by atoms with van der Waals surface area (Å²) < 4.78 is 20.0. The van der Waals surface area contributed by atoms with E-state index in [4.69, 9.17) is 37.4 Å². The molecule has 0 heterocycles. The molecule has 344 valence electrons. The molecule has 0 radical (unpaired) electrons. The van der Waals surface area contributed by atoms with Crippen LogP contribution in [0.1, 0.15) is 250 Å². The molecule has 0 aromatic heterocycles. The van der Waals surface area contributed by atoms with E-state index in [1.165, 1.54) is 116 Å². The third-order valence-corrected chi connectivity index (χ3v) is 12.8. The van der Waals surface area contributed by atoms with Crippen LogP contribution in [0.4, 0.5) is 0 Å². The molecule has 0 N–H and O–H groups in total. The molecule has 0 saturated heterocycles. The second-order valence-corrected chi connectivity index (χ2v) is 21.9. The monoisotopic (exact) mass is 847 g/mol. The van der Waals surface area contributed by atoms with E-state index >= 15 is 0 Å². The minimum atomic E-state index is -0.172. The minimum Gasteiger partial charge on any atom is -0.353 e. The number of ether oxygens (including phenoxy) is 3. The Morgan fingerprint density at radius 2 is 0.596 bits per heavy atom. The minimum absolute atomic E-state index is 0.172. The first-order valence-electron chi connectivity index (χ1n) is 25.3. The van der Waals surface area contributed by atoms with Crippen LogP contribution in [0.2, 0.25) is 0 Å². The summed E-state index contributed by atoms with van der Waals surface area (Å²) in [6.07, 6.45) is 31.8. The van der Waals surface area contributed by atoms with E-state index < -0.39 is 0 Å². The van der Waals surface area contributed by atoms with E-state index in [0.717, 1.165) is 100 Å². The average Bonchev–Trinajstić information content (AvgIpc) is 3.09. The van der Waals surface area contributed by atoms with E-state index in [1.54, 1.807) is 0 Å². The lowest BCUT2D eigenvalue weighted by molar-refractivity contribution is -0.250. The van der Waals surface area contributed by atoms with Crippen LogP contribution in [0.3, 0.4) is 0 Å². The van der Waals surface area contributed by atoms with Crippen LogP contribution in [0, 0.1) is 47.3 Å². The van der Waals surface area contributed by atoms with Gasteiger partial charge in [0.25, 0.3) is 0 Å². The van der Waals surface area contributed by atoms with Gasteiger partial charge in [-0.1, -0.05) is 146 Å². The van der Waals surface area contributed by atoms with Gasteiger partial charge in [-0.05, 0) is 151 Å². The lowest BCUT2D eigenvalue weighted by Gasteiger charge is -2.27. The second kappa shape index (κ2) is 38.2. The molecular weight excluding hydrogens is 743 g/mol. The average molecular weight is 848 g/mol. The standard InChI is InChI=1S/C52H104Cl2O3/c1-13-15-17-19-21-23-31-55-51(29-25-27-41(3)33-43(5)35-45(7)37-47(9)39-49(11)53)57-52(56-32-24-22-20-18-16-14-2)30-26-28-42(4)34-44(6)36-46(8)38-48(10)40-50(12)54/h41-52H,13-40H2,1-12H3. The van der Waals surface area contributed by atoms with Gasteiger partial charge >= 0.3 is 0 Å². The van der Waals surface area contributed by atoms with Gasteiger partial charge in [-0.3, -0.25) is 0 Å². The number of rotatable bonds is 42. The van der Waals surface area contributed by atoms with E-state index in [-0.39, 0.29) is 23.3 Å². The second-order valence-electron chi connectivity index (χ2n) is 20.4. The number of alkyl halides is 2. The summed E-state index contributed by atoms with van der Waals surface area (Å²) in [4.78, 5) is 0. The molecule has 0 fully saturated rings. The number of unbranched alkanes of at least 4 members (excludes halogenated alkanes) is 10. The molecule has 5 heteroatoms. The van der Waals surface area contributed by atoms with Crippen molar-refractivity contribution < 1.29 is 14.2 Å². The third-order valence-electron chi connectivity index (χ3n) is 12.5. The topological polar surface area (TPSA) is 27.7 Å². The summed E-state index contributed by atoms with van der Waals surface area (Å²) in [5.74, 6) is 5.89. The summed E-state index contributed by atoms with van der Waals surface area (Å²) in [7, 11) is 0. The maximum absolute atomic E-state index is 6.84. The first-order chi connectivity index (χ1) is 27.1. The van der Waals surface area contributed by atoms with Crippen LogP contribution in [0.15, 0.2) is 0 Å². The molecule has 0 aromatic carbocycles. The number of hydrogen-bond donors (Lipinski definition) is 0. The van der Waals surface area contributed by atoms with Gasteiger partial charge in [0, 0.05) is 24.0 Å². The first-order valence-corrected chi connectivity index (χ1v) is 26.2. The van der Waals surface area contributed by atoms with Crippen molar-refractivity contribution >= 4 is 23.2 Å². The summed E-state index contributed by atoms with van der Waals surface area (Å²) >= 11 is 12.6. The van der Waals surface area contributed by atoms with E-state index in [0.29, 0.717) is 11.8 Å². The van der Waals surface area contributed by atoms with Gasteiger partial charge in [0.1, 0.15) is 0 Å². The maximum Gasteiger partial charge on any atom is 0.160 e. The lowest BCUT2D eigenvalue weighted by Crippen LogP contribution is -2.28. The molecule has 0 aliphatic carbocycles. The Hall–Kier alpha value is 0.460. The van der Waals surface area contributed by atoms with Gasteiger partial charge in [0.2, 0.25) is 0 Å². The molecule has 3 nitrogen and oxygen atoms in total. The predicted molar refractivity (Wildman–Crippen MR) is 256 cm³/mol. The summed E-state index contributed by atoms with van der Waals surface area (Å²) in [6, 6.07) is 0. The zero-order valence-electron chi connectivity index (χ0n) is 40.7. The maximum atomic E-state index is 6.84. The van der Waals surface area contributed by atoms with Crippen molar-refractivity contribution in [2.75, 3.05) is 13.2 Å². The molecular formula is C52H104Cl2O3. The Bertz CT molecular complexity index is 772. The van der Waals surface area contributed by atoms with Crippen molar-refractivity contribution in [3.8, 4) is 0 Å². The van der Waals surface area contributed by atoms with Crippen molar-refractivity contribution in [3.05, 3.63) is 0 Å². The highest BCUT2D eigenvalue weighted by atomic mass is 35.5. The smallest absolute Gasteiger partial charge is 0.160 e.